The Hall–Kier alpha value is -2.31. The van der Waals surface area contributed by atoms with Crippen LogP contribution in [-0.2, 0) is 19.2 Å². The van der Waals surface area contributed by atoms with E-state index in [-0.39, 0.29) is 11.5 Å². The fourth-order valence-electron chi connectivity index (χ4n) is 1.67. The average Bonchev–Trinajstić information content (AvgIpc) is 2.84. The maximum absolute atomic E-state index is 11.6. The number of carbonyl (C=O) groups is 2. The van der Waals surface area contributed by atoms with Gasteiger partial charge < -0.3 is 19.1 Å². The molecule has 0 radical (unpaired) electrons. The monoisotopic (exact) mass is 267 g/mol. The van der Waals surface area contributed by atoms with E-state index in [4.69, 9.17) is 14.4 Å². The van der Waals surface area contributed by atoms with E-state index in [1.807, 2.05) is 0 Å². The van der Waals surface area contributed by atoms with Crippen LogP contribution in [-0.4, -0.2) is 35.5 Å². The van der Waals surface area contributed by atoms with E-state index in [2.05, 4.69) is 9.89 Å². The molecular weight excluding hydrogens is 254 g/mol. The first-order valence-electron chi connectivity index (χ1n) is 5.71. The van der Waals surface area contributed by atoms with Gasteiger partial charge in [-0.25, -0.2) is 9.59 Å². The van der Waals surface area contributed by atoms with Crippen molar-refractivity contribution in [2.24, 2.45) is 5.16 Å². The third-order valence-electron chi connectivity index (χ3n) is 3.00. The highest BCUT2D eigenvalue weighted by atomic mass is 16.7. The molecule has 1 aromatic rings. The number of hydrogen-bond donors (Lipinski definition) is 1. The largest absolute Gasteiger partial charge is 0.478 e. The smallest absolute Gasteiger partial charge is 0.364 e. The van der Waals surface area contributed by atoms with Crippen LogP contribution in [0.4, 0.5) is 0 Å². The third-order valence-corrected chi connectivity index (χ3v) is 3.00. The lowest BCUT2D eigenvalue weighted by Gasteiger charge is -2.34. The lowest BCUT2D eigenvalue weighted by molar-refractivity contribution is -0.179. The van der Waals surface area contributed by atoms with E-state index >= 15 is 0 Å². The summed E-state index contributed by atoms with van der Waals surface area (Å²) in [5.41, 5.74) is -1.54. The van der Waals surface area contributed by atoms with Crippen LogP contribution in [0.2, 0.25) is 0 Å². The molecule has 0 saturated heterocycles. The number of hydrogen-bond acceptors (Lipinski definition) is 6. The van der Waals surface area contributed by atoms with E-state index in [9.17, 15) is 9.59 Å². The van der Waals surface area contributed by atoms with Gasteiger partial charge in [-0.2, -0.15) is 0 Å². The number of nitrogens with zero attached hydrogens (tertiary/aromatic N) is 1. The van der Waals surface area contributed by atoms with Crippen LogP contribution < -0.4 is 0 Å². The Labute approximate surface area is 108 Å². The summed E-state index contributed by atoms with van der Waals surface area (Å²) in [6.07, 6.45) is 2.83. The molecule has 1 aliphatic rings. The quantitative estimate of drug-likeness (QED) is 0.488. The number of methoxy groups -OCH3 is 1. The summed E-state index contributed by atoms with van der Waals surface area (Å²) in [4.78, 5) is 27.7. The Bertz CT molecular complexity index is 500. The number of furan rings is 1. The van der Waals surface area contributed by atoms with Crippen molar-refractivity contribution in [2.75, 3.05) is 7.11 Å². The van der Waals surface area contributed by atoms with E-state index < -0.39 is 17.5 Å². The summed E-state index contributed by atoms with van der Waals surface area (Å²) in [5, 5.41) is 12.7. The molecule has 1 saturated carbocycles. The van der Waals surface area contributed by atoms with E-state index in [0.29, 0.717) is 12.8 Å². The standard InChI is InChI=1S/C12H13NO6/c1-17-10(14)9(8-4-2-7-18-8)13-19-12(11(15)16)5-3-6-12/h2,4,7H,3,5-6H2,1H3,(H,15,16). The van der Waals surface area contributed by atoms with Gasteiger partial charge in [0.2, 0.25) is 11.3 Å². The minimum atomic E-state index is -1.34. The second-order valence-electron chi connectivity index (χ2n) is 4.15. The number of esters is 1. The van der Waals surface area contributed by atoms with Crippen LogP contribution in [0.3, 0.4) is 0 Å². The molecule has 1 N–H and O–H groups in total. The Kier molecular flexibility index (Phi) is 3.55. The fourth-order valence-corrected chi connectivity index (χ4v) is 1.67. The van der Waals surface area contributed by atoms with Crippen LogP contribution in [0.1, 0.15) is 25.0 Å². The third kappa shape index (κ3) is 2.44. The minimum absolute atomic E-state index is 0.159. The zero-order chi connectivity index (χ0) is 13.9. The van der Waals surface area contributed by atoms with Crippen LogP contribution in [0.15, 0.2) is 28.0 Å². The van der Waals surface area contributed by atoms with E-state index in [1.165, 1.54) is 19.4 Å². The summed E-state index contributed by atoms with van der Waals surface area (Å²) < 4.78 is 9.59. The number of carboxylic acid groups (broad SMARTS) is 1. The Balaban J connectivity index is 2.22. The molecule has 1 aliphatic carbocycles. The molecule has 0 unspecified atom stereocenters. The van der Waals surface area contributed by atoms with E-state index in [0.717, 1.165) is 6.42 Å². The zero-order valence-electron chi connectivity index (χ0n) is 10.3. The number of rotatable bonds is 5. The van der Waals surface area contributed by atoms with Crippen molar-refractivity contribution in [3.8, 4) is 0 Å². The Morgan fingerprint density at radius 2 is 2.21 bits per heavy atom. The summed E-state index contributed by atoms with van der Waals surface area (Å²) in [6, 6.07) is 3.08. The molecule has 0 bridgehead atoms. The zero-order valence-corrected chi connectivity index (χ0v) is 10.3. The predicted octanol–water partition coefficient (Wildman–Crippen LogP) is 1.18. The lowest BCUT2D eigenvalue weighted by Crippen LogP contribution is -2.47. The molecule has 1 aromatic heterocycles. The molecule has 7 nitrogen and oxygen atoms in total. The van der Waals surface area contributed by atoms with Crippen molar-refractivity contribution in [1.29, 1.82) is 0 Å². The number of aliphatic carboxylic acids is 1. The second kappa shape index (κ2) is 5.13. The van der Waals surface area contributed by atoms with Crippen molar-refractivity contribution in [1.82, 2.24) is 0 Å². The van der Waals surface area contributed by atoms with Crippen molar-refractivity contribution in [3.63, 3.8) is 0 Å². The first-order chi connectivity index (χ1) is 9.09. The highest BCUT2D eigenvalue weighted by Crippen LogP contribution is 2.36. The molecule has 0 amide bonds. The van der Waals surface area contributed by atoms with Gasteiger partial charge in [-0.05, 0) is 18.6 Å². The maximum atomic E-state index is 11.6. The highest BCUT2D eigenvalue weighted by molar-refractivity contribution is 6.42. The SMILES string of the molecule is COC(=O)C(=NOC1(C(=O)O)CCC1)c1ccco1. The lowest BCUT2D eigenvalue weighted by atomic mass is 9.80. The van der Waals surface area contributed by atoms with Gasteiger partial charge in [-0.1, -0.05) is 5.16 Å². The van der Waals surface area contributed by atoms with Crippen molar-refractivity contribution >= 4 is 17.7 Å². The first-order valence-corrected chi connectivity index (χ1v) is 5.71. The second-order valence-corrected chi connectivity index (χ2v) is 4.15. The molecule has 0 atom stereocenters. The molecule has 0 spiro atoms. The van der Waals surface area contributed by atoms with Crippen LogP contribution in [0.25, 0.3) is 0 Å². The molecule has 0 aliphatic heterocycles. The van der Waals surface area contributed by atoms with Gasteiger partial charge in [0.05, 0.1) is 13.4 Å². The first kappa shape index (κ1) is 13.1. The molecular formula is C12H13NO6. The van der Waals surface area contributed by atoms with Crippen molar-refractivity contribution in [2.45, 2.75) is 24.9 Å². The molecule has 0 aromatic carbocycles. The van der Waals surface area contributed by atoms with Crippen LogP contribution in [0, 0.1) is 0 Å². The molecule has 1 heterocycles. The van der Waals surface area contributed by atoms with Crippen molar-refractivity contribution < 1.29 is 28.7 Å². The van der Waals surface area contributed by atoms with Gasteiger partial charge in [0.25, 0.3) is 0 Å². The summed E-state index contributed by atoms with van der Waals surface area (Å²) in [5.74, 6) is -1.69. The topological polar surface area (TPSA) is 98.3 Å². The van der Waals surface area contributed by atoms with E-state index in [1.54, 1.807) is 6.07 Å². The number of ether oxygens (including phenoxy) is 1. The summed E-state index contributed by atoms with van der Waals surface area (Å²) >= 11 is 0. The summed E-state index contributed by atoms with van der Waals surface area (Å²) in [7, 11) is 1.19. The van der Waals surface area contributed by atoms with Crippen LogP contribution >= 0.6 is 0 Å². The van der Waals surface area contributed by atoms with Gasteiger partial charge in [-0.3, -0.25) is 0 Å². The normalized spacial score (nSPS) is 17.4. The average molecular weight is 267 g/mol. The molecule has 102 valence electrons. The molecule has 19 heavy (non-hydrogen) atoms. The van der Waals surface area contributed by atoms with Gasteiger partial charge in [0.1, 0.15) is 0 Å². The van der Waals surface area contributed by atoms with Gasteiger partial charge in [0, 0.05) is 12.8 Å². The summed E-state index contributed by atoms with van der Waals surface area (Å²) in [6.45, 7) is 0. The Morgan fingerprint density at radius 1 is 1.47 bits per heavy atom. The number of oxime groups is 1. The fraction of sp³-hybridized carbons (Fsp3) is 0.417. The number of carbonyl (C=O) groups excluding carboxylic acids is 1. The minimum Gasteiger partial charge on any atom is -0.478 e. The maximum Gasteiger partial charge on any atom is 0.364 e. The van der Waals surface area contributed by atoms with Gasteiger partial charge in [0.15, 0.2) is 5.76 Å². The highest BCUT2D eigenvalue weighted by Gasteiger charge is 2.48. The molecule has 1 fully saturated rings. The van der Waals surface area contributed by atoms with Crippen molar-refractivity contribution in [3.05, 3.63) is 24.2 Å². The number of carboxylic acids is 1. The molecule has 2 rings (SSSR count). The van der Waals surface area contributed by atoms with Gasteiger partial charge >= 0.3 is 11.9 Å². The van der Waals surface area contributed by atoms with Gasteiger partial charge in [-0.15, -0.1) is 0 Å². The Morgan fingerprint density at radius 3 is 2.63 bits per heavy atom. The molecule has 7 heteroatoms. The predicted molar refractivity (Wildman–Crippen MR) is 62.6 cm³/mol. The van der Waals surface area contributed by atoms with Crippen LogP contribution in [0.5, 0.6) is 0 Å².